The fourth-order valence-corrected chi connectivity index (χ4v) is 2.55. The molecule has 1 aliphatic carbocycles. The third kappa shape index (κ3) is 2.83. The first-order chi connectivity index (χ1) is 10.2. The number of hydrogen-bond acceptors (Lipinski definition) is 3. The topological polar surface area (TPSA) is 61.3 Å². The molecule has 0 aromatic heterocycles. The Hall–Kier alpha value is -2.52. The summed E-state index contributed by atoms with van der Waals surface area (Å²) in [6.45, 7) is 0. The van der Waals surface area contributed by atoms with Crippen LogP contribution in [0, 0.1) is 0 Å². The van der Waals surface area contributed by atoms with Gasteiger partial charge in [0.2, 0.25) is 0 Å². The maximum absolute atomic E-state index is 6.52. The minimum atomic E-state index is -0.927. The van der Waals surface area contributed by atoms with Gasteiger partial charge in [0.05, 0.1) is 5.92 Å². The molecule has 4 N–H and O–H groups in total. The molecular weight excluding hydrogens is 260 g/mol. The van der Waals surface area contributed by atoms with E-state index in [2.05, 4.69) is 0 Å². The van der Waals surface area contributed by atoms with E-state index in [0.717, 1.165) is 17.0 Å². The van der Waals surface area contributed by atoms with E-state index in [0.29, 0.717) is 0 Å². The Kier molecular flexibility index (Phi) is 3.50. The predicted molar refractivity (Wildman–Crippen MR) is 85.9 cm³/mol. The Labute approximate surface area is 124 Å². The Bertz CT molecular complexity index is 679. The van der Waals surface area contributed by atoms with Crippen molar-refractivity contribution in [2.24, 2.45) is 5.73 Å². The number of hydrogen-bond donors (Lipinski definition) is 2. The summed E-state index contributed by atoms with van der Waals surface area (Å²) < 4.78 is 6.05. The fraction of sp³-hybridized carbons (Fsp3) is 0.111. The van der Waals surface area contributed by atoms with Crippen LogP contribution in [-0.4, -0.2) is 5.72 Å². The molecule has 0 saturated heterocycles. The Morgan fingerprint density at radius 3 is 2.52 bits per heavy atom. The average molecular weight is 278 g/mol. The molecule has 0 aliphatic heterocycles. The summed E-state index contributed by atoms with van der Waals surface area (Å²) in [5.74, 6) is 0.653. The van der Waals surface area contributed by atoms with Gasteiger partial charge < -0.3 is 10.5 Å². The molecule has 2 aromatic rings. The zero-order valence-corrected chi connectivity index (χ0v) is 11.6. The van der Waals surface area contributed by atoms with Gasteiger partial charge in [0.1, 0.15) is 5.75 Å². The molecule has 0 amide bonds. The lowest BCUT2D eigenvalue weighted by Gasteiger charge is -2.35. The highest BCUT2D eigenvalue weighted by molar-refractivity contribution is 5.46. The van der Waals surface area contributed by atoms with Gasteiger partial charge in [0, 0.05) is 5.69 Å². The molecule has 0 radical (unpaired) electrons. The van der Waals surface area contributed by atoms with Crippen LogP contribution >= 0.6 is 0 Å². The molecule has 1 aliphatic rings. The molecule has 2 unspecified atom stereocenters. The van der Waals surface area contributed by atoms with Gasteiger partial charge in [0.25, 0.3) is 0 Å². The quantitative estimate of drug-likeness (QED) is 0.669. The molecule has 0 spiro atoms. The fourth-order valence-electron chi connectivity index (χ4n) is 2.55. The first kappa shape index (κ1) is 13.5. The van der Waals surface area contributed by atoms with Crippen LogP contribution in [0.15, 0.2) is 78.9 Å². The van der Waals surface area contributed by atoms with Crippen LogP contribution in [0.1, 0.15) is 11.5 Å². The third-order valence-corrected chi connectivity index (χ3v) is 3.57. The minimum Gasteiger partial charge on any atom is -0.468 e. The third-order valence-electron chi connectivity index (χ3n) is 3.57. The van der Waals surface area contributed by atoms with Gasteiger partial charge in [-0.3, -0.25) is 5.73 Å². The first-order valence-electron chi connectivity index (χ1n) is 6.92. The van der Waals surface area contributed by atoms with Crippen molar-refractivity contribution in [2.75, 3.05) is 5.73 Å². The second-order valence-electron chi connectivity index (χ2n) is 5.16. The predicted octanol–water partition coefficient (Wildman–Crippen LogP) is 3.21. The van der Waals surface area contributed by atoms with Crippen molar-refractivity contribution in [3.05, 3.63) is 84.5 Å². The van der Waals surface area contributed by atoms with Crippen molar-refractivity contribution in [1.82, 2.24) is 0 Å². The van der Waals surface area contributed by atoms with Gasteiger partial charge in [-0.05, 0) is 35.9 Å². The van der Waals surface area contributed by atoms with E-state index in [-0.39, 0.29) is 5.92 Å². The highest BCUT2D eigenvalue weighted by atomic mass is 16.5. The lowest BCUT2D eigenvalue weighted by Crippen LogP contribution is -2.49. The zero-order chi connectivity index (χ0) is 14.7. The zero-order valence-electron chi connectivity index (χ0n) is 11.6. The standard InChI is InChI=1S/C18H18N2O/c19-15-8-6-7-14(13-15)17-11-4-5-12-18(17,20)21-16-9-2-1-3-10-16/h1-13,17H,19-20H2. The van der Waals surface area contributed by atoms with Crippen LogP contribution in [-0.2, 0) is 0 Å². The normalized spacial score (nSPS) is 24.0. The van der Waals surface area contributed by atoms with E-state index in [1.165, 1.54) is 0 Å². The average Bonchev–Trinajstić information content (AvgIpc) is 2.48. The molecule has 3 heteroatoms. The summed E-state index contributed by atoms with van der Waals surface area (Å²) in [5.41, 5.74) is 13.2. The molecule has 0 saturated carbocycles. The summed E-state index contributed by atoms with van der Waals surface area (Å²) in [6.07, 6.45) is 7.81. The van der Waals surface area contributed by atoms with E-state index in [9.17, 15) is 0 Å². The van der Waals surface area contributed by atoms with Crippen molar-refractivity contribution in [3.8, 4) is 5.75 Å². The molecule has 0 bridgehead atoms. The van der Waals surface area contributed by atoms with Crippen LogP contribution < -0.4 is 16.2 Å². The van der Waals surface area contributed by atoms with Gasteiger partial charge in [0.15, 0.2) is 5.72 Å². The van der Waals surface area contributed by atoms with Crippen molar-refractivity contribution >= 4 is 5.69 Å². The van der Waals surface area contributed by atoms with Crippen molar-refractivity contribution in [1.29, 1.82) is 0 Å². The van der Waals surface area contributed by atoms with Crippen LogP contribution in [0.5, 0.6) is 5.75 Å². The van der Waals surface area contributed by atoms with Crippen molar-refractivity contribution in [2.45, 2.75) is 11.6 Å². The lowest BCUT2D eigenvalue weighted by molar-refractivity contribution is 0.110. The van der Waals surface area contributed by atoms with Gasteiger partial charge in [-0.15, -0.1) is 0 Å². The summed E-state index contributed by atoms with van der Waals surface area (Å²) in [4.78, 5) is 0. The summed E-state index contributed by atoms with van der Waals surface area (Å²) >= 11 is 0. The molecular formula is C18H18N2O. The Balaban J connectivity index is 1.95. The number of ether oxygens (including phenoxy) is 1. The molecule has 106 valence electrons. The first-order valence-corrected chi connectivity index (χ1v) is 6.92. The van der Waals surface area contributed by atoms with Crippen LogP contribution in [0.3, 0.4) is 0 Å². The smallest absolute Gasteiger partial charge is 0.188 e. The second kappa shape index (κ2) is 5.46. The summed E-state index contributed by atoms with van der Waals surface area (Å²) in [5, 5.41) is 0. The number of nitrogen functional groups attached to an aromatic ring is 1. The number of rotatable bonds is 3. The SMILES string of the molecule is Nc1cccc(C2C=CC=CC2(N)Oc2ccccc2)c1. The number of anilines is 1. The molecule has 0 heterocycles. The molecule has 3 nitrogen and oxygen atoms in total. The summed E-state index contributed by atoms with van der Waals surface area (Å²) in [7, 11) is 0. The number of benzene rings is 2. The van der Waals surface area contributed by atoms with E-state index >= 15 is 0 Å². The van der Waals surface area contributed by atoms with Crippen molar-refractivity contribution in [3.63, 3.8) is 0 Å². The van der Waals surface area contributed by atoms with Crippen molar-refractivity contribution < 1.29 is 4.74 Å². The summed E-state index contributed by atoms with van der Waals surface area (Å²) in [6, 6.07) is 17.3. The number of nitrogens with two attached hydrogens (primary N) is 2. The van der Waals surface area contributed by atoms with E-state index in [4.69, 9.17) is 16.2 Å². The molecule has 2 aromatic carbocycles. The van der Waals surface area contributed by atoms with Crippen LogP contribution in [0.4, 0.5) is 5.69 Å². The monoisotopic (exact) mass is 278 g/mol. The maximum atomic E-state index is 6.52. The van der Waals surface area contributed by atoms with Gasteiger partial charge >= 0.3 is 0 Å². The second-order valence-corrected chi connectivity index (χ2v) is 5.16. The maximum Gasteiger partial charge on any atom is 0.188 e. The van der Waals surface area contributed by atoms with Crippen LogP contribution in [0.2, 0.25) is 0 Å². The Morgan fingerprint density at radius 1 is 0.952 bits per heavy atom. The molecule has 2 atom stereocenters. The van der Waals surface area contributed by atoms with E-state index in [1.54, 1.807) is 0 Å². The van der Waals surface area contributed by atoms with Gasteiger partial charge in [-0.1, -0.05) is 48.6 Å². The highest BCUT2D eigenvalue weighted by Gasteiger charge is 2.35. The van der Waals surface area contributed by atoms with E-state index in [1.807, 2.05) is 78.9 Å². The molecule has 21 heavy (non-hydrogen) atoms. The number of allylic oxidation sites excluding steroid dienone is 2. The minimum absolute atomic E-state index is 0.0915. The molecule has 0 fully saturated rings. The lowest BCUT2D eigenvalue weighted by atomic mass is 9.85. The Morgan fingerprint density at radius 2 is 1.76 bits per heavy atom. The van der Waals surface area contributed by atoms with Gasteiger partial charge in [-0.25, -0.2) is 0 Å². The van der Waals surface area contributed by atoms with Crippen LogP contribution in [0.25, 0.3) is 0 Å². The largest absolute Gasteiger partial charge is 0.468 e. The highest BCUT2D eigenvalue weighted by Crippen LogP contribution is 2.34. The number of para-hydroxylation sites is 1. The van der Waals surface area contributed by atoms with E-state index < -0.39 is 5.72 Å². The van der Waals surface area contributed by atoms with Gasteiger partial charge in [-0.2, -0.15) is 0 Å². The molecule has 3 rings (SSSR count).